The molecular formula is C5H7Cl2NO4. The van der Waals surface area contributed by atoms with Crippen LogP contribution in [-0.4, -0.2) is 39.6 Å². The lowest BCUT2D eigenvalue weighted by molar-refractivity contribution is -0.142. The van der Waals surface area contributed by atoms with E-state index in [1.54, 1.807) is 0 Å². The summed E-state index contributed by atoms with van der Waals surface area (Å²) in [7, 11) is 0. The fraction of sp³-hybridized carbons (Fsp3) is 0.600. The number of amides is 1. The molecule has 0 aliphatic carbocycles. The molecule has 0 fully saturated rings. The summed E-state index contributed by atoms with van der Waals surface area (Å²) in [4.78, 5) is 19.6. The van der Waals surface area contributed by atoms with Crippen molar-refractivity contribution in [3.05, 3.63) is 0 Å². The van der Waals surface area contributed by atoms with E-state index >= 15 is 0 Å². The minimum absolute atomic E-state index is 0.707. The van der Waals surface area contributed by atoms with Crippen LogP contribution in [0.1, 0.15) is 0 Å². The largest absolute Gasteiger partial charge is 0.480 e. The Hall–Kier alpha value is -0.520. The third-order valence-corrected chi connectivity index (χ3v) is 1.39. The highest BCUT2D eigenvalue weighted by atomic mass is 35.5. The maximum absolute atomic E-state index is 10.7. The standard InChI is InChI=1S/C5H7Cl2NO4/c6-3(7)4(10)8-2(1-9)5(11)12/h2-3,9H,1H2,(H,8,10)(H,11,12)/t2-/m0/s1. The monoisotopic (exact) mass is 215 g/mol. The van der Waals surface area contributed by atoms with Crippen LogP contribution in [0, 0.1) is 0 Å². The highest BCUT2D eigenvalue weighted by molar-refractivity contribution is 6.53. The fourth-order valence-corrected chi connectivity index (χ4v) is 0.546. The molecule has 0 aromatic carbocycles. The van der Waals surface area contributed by atoms with Gasteiger partial charge in [-0.15, -0.1) is 0 Å². The van der Waals surface area contributed by atoms with E-state index in [2.05, 4.69) is 0 Å². The van der Waals surface area contributed by atoms with Gasteiger partial charge in [-0.25, -0.2) is 4.79 Å². The van der Waals surface area contributed by atoms with Crippen molar-refractivity contribution in [2.24, 2.45) is 0 Å². The maximum atomic E-state index is 10.7. The summed E-state index contributed by atoms with van der Waals surface area (Å²) in [6, 6.07) is -1.36. The minimum atomic E-state index is -1.36. The number of hydrogen-bond donors (Lipinski definition) is 3. The van der Waals surface area contributed by atoms with Gasteiger partial charge in [0.05, 0.1) is 6.61 Å². The van der Waals surface area contributed by atoms with Crippen molar-refractivity contribution in [2.45, 2.75) is 10.9 Å². The Morgan fingerprint density at radius 2 is 1.92 bits per heavy atom. The van der Waals surface area contributed by atoms with E-state index in [1.165, 1.54) is 0 Å². The molecule has 1 amide bonds. The lowest BCUT2D eigenvalue weighted by Gasteiger charge is -2.11. The molecule has 70 valence electrons. The van der Waals surface area contributed by atoms with E-state index in [1.807, 2.05) is 5.32 Å². The molecule has 3 N–H and O–H groups in total. The highest BCUT2D eigenvalue weighted by Crippen LogP contribution is 2.01. The van der Waals surface area contributed by atoms with Crippen LogP contribution in [0.5, 0.6) is 0 Å². The maximum Gasteiger partial charge on any atom is 0.328 e. The van der Waals surface area contributed by atoms with Crippen LogP contribution in [0.4, 0.5) is 0 Å². The molecular weight excluding hydrogens is 209 g/mol. The molecule has 12 heavy (non-hydrogen) atoms. The van der Waals surface area contributed by atoms with Gasteiger partial charge in [0.1, 0.15) is 6.04 Å². The van der Waals surface area contributed by atoms with Crippen LogP contribution >= 0.6 is 23.2 Å². The van der Waals surface area contributed by atoms with E-state index in [4.69, 9.17) is 33.4 Å². The van der Waals surface area contributed by atoms with Crippen molar-refractivity contribution in [1.29, 1.82) is 0 Å². The Bertz CT molecular complexity index is 184. The zero-order valence-electron chi connectivity index (χ0n) is 5.83. The van der Waals surface area contributed by atoms with Crippen LogP contribution in [0.3, 0.4) is 0 Å². The Kier molecular flexibility index (Phi) is 4.96. The van der Waals surface area contributed by atoms with Gasteiger partial charge in [-0.3, -0.25) is 4.79 Å². The predicted octanol–water partition coefficient (Wildman–Crippen LogP) is -0.648. The summed E-state index contributed by atoms with van der Waals surface area (Å²) in [6.45, 7) is -0.707. The van der Waals surface area contributed by atoms with Gasteiger partial charge in [-0.05, 0) is 0 Å². The molecule has 0 aliphatic rings. The molecule has 0 rings (SSSR count). The molecule has 0 heterocycles. The molecule has 0 saturated carbocycles. The van der Waals surface area contributed by atoms with Gasteiger partial charge in [0.25, 0.3) is 5.91 Å². The predicted molar refractivity (Wildman–Crippen MR) is 42.1 cm³/mol. The molecule has 7 heteroatoms. The Labute approximate surface area is 78.3 Å². The van der Waals surface area contributed by atoms with Gasteiger partial charge in [-0.2, -0.15) is 0 Å². The number of carbonyl (C=O) groups is 2. The fourth-order valence-electron chi connectivity index (χ4n) is 0.420. The number of aliphatic carboxylic acids is 1. The number of alkyl halides is 2. The van der Waals surface area contributed by atoms with E-state index < -0.39 is 29.4 Å². The SMILES string of the molecule is O=C(N[C@@H](CO)C(=O)O)C(Cl)Cl. The van der Waals surface area contributed by atoms with Gasteiger partial charge in [0, 0.05) is 0 Å². The Balaban J connectivity index is 4.03. The number of rotatable bonds is 4. The summed E-state index contributed by atoms with van der Waals surface area (Å²) >= 11 is 10.2. The number of nitrogens with one attached hydrogen (secondary N) is 1. The van der Waals surface area contributed by atoms with Gasteiger partial charge in [-0.1, -0.05) is 23.2 Å². The molecule has 0 spiro atoms. The second kappa shape index (κ2) is 5.18. The van der Waals surface area contributed by atoms with Gasteiger partial charge >= 0.3 is 5.97 Å². The first kappa shape index (κ1) is 11.5. The van der Waals surface area contributed by atoms with Crippen LogP contribution in [0.25, 0.3) is 0 Å². The summed E-state index contributed by atoms with van der Waals surface area (Å²) in [5.41, 5.74) is 0. The number of carboxylic acids is 1. The van der Waals surface area contributed by atoms with Crippen molar-refractivity contribution in [3.63, 3.8) is 0 Å². The molecule has 0 aromatic rings. The average Bonchev–Trinajstić information content (AvgIpc) is 1.98. The van der Waals surface area contributed by atoms with Gasteiger partial charge in [0.2, 0.25) is 0 Å². The zero-order valence-corrected chi connectivity index (χ0v) is 7.34. The van der Waals surface area contributed by atoms with Crippen molar-refractivity contribution in [2.75, 3.05) is 6.61 Å². The Morgan fingerprint density at radius 1 is 1.42 bits per heavy atom. The molecule has 0 aliphatic heterocycles. The molecule has 0 aromatic heterocycles. The number of hydrogen-bond acceptors (Lipinski definition) is 3. The average molecular weight is 216 g/mol. The summed E-state index contributed by atoms with van der Waals surface area (Å²) in [5, 5.41) is 18.7. The lowest BCUT2D eigenvalue weighted by Crippen LogP contribution is -2.45. The van der Waals surface area contributed by atoms with Crippen molar-refractivity contribution < 1.29 is 19.8 Å². The van der Waals surface area contributed by atoms with Crippen LogP contribution < -0.4 is 5.32 Å². The third-order valence-electron chi connectivity index (χ3n) is 0.995. The van der Waals surface area contributed by atoms with E-state index in [-0.39, 0.29) is 0 Å². The Morgan fingerprint density at radius 3 is 2.17 bits per heavy atom. The number of aliphatic hydroxyl groups excluding tert-OH is 1. The topological polar surface area (TPSA) is 86.6 Å². The first-order chi connectivity index (χ1) is 5.49. The summed E-state index contributed by atoms with van der Waals surface area (Å²) in [5.74, 6) is -2.19. The van der Waals surface area contributed by atoms with Crippen LogP contribution in [-0.2, 0) is 9.59 Å². The van der Waals surface area contributed by atoms with Crippen LogP contribution in [0.15, 0.2) is 0 Å². The molecule has 0 bridgehead atoms. The second-order valence-corrected chi connectivity index (χ2v) is 2.98. The van der Waals surface area contributed by atoms with E-state index in [9.17, 15) is 9.59 Å². The molecule has 0 unspecified atom stereocenters. The van der Waals surface area contributed by atoms with Crippen molar-refractivity contribution >= 4 is 35.1 Å². The minimum Gasteiger partial charge on any atom is -0.480 e. The van der Waals surface area contributed by atoms with Crippen molar-refractivity contribution in [1.82, 2.24) is 5.32 Å². The summed E-state index contributed by atoms with van der Waals surface area (Å²) in [6.07, 6.45) is 0. The lowest BCUT2D eigenvalue weighted by atomic mass is 10.3. The number of carboxylic acid groups (broad SMARTS) is 1. The highest BCUT2D eigenvalue weighted by Gasteiger charge is 2.21. The number of aliphatic hydroxyl groups is 1. The normalized spacial score (nSPS) is 12.7. The van der Waals surface area contributed by atoms with E-state index in [0.717, 1.165) is 0 Å². The zero-order chi connectivity index (χ0) is 9.72. The third kappa shape index (κ3) is 3.75. The smallest absolute Gasteiger partial charge is 0.328 e. The molecule has 0 radical (unpaired) electrons. The number of carbonyl (C=O) groups excluding carboxylic acids is 1. The van der Waals surface area contributed by atoms with E-state index in [0.29, 0.717) is 0 Å². The van der Waals surface area contributed by atoms with Crippen LogP contribution in [0.2, 0.25) is 0 Å². The summed E-state index contributed by atoms with van der Waals surface area (Å²) < 4.78 is 0. The van der Waals surface area contributed by atoms with Gasteiger partial charge in [0.15, 0.2) is 4.84 Å². The van der Waals surface area contributed by atoms with Gasteiger partial charge < -0.3 is 15.5 Å². The number of halogens is 2. The molecule has 1 atom stereocenters. The van der Waals surface area contributed by atoms with Crippen molar-refractivity contribution in [3.8, 4) is 0 Å². The first-order valence-electron chi connectivity index (χ1n) is 2.91. The molecule has 0 saturated heterocycles. The quantitative estimate of drug-likeness (QED) is 0.545. The first-order valence-corrected chi connectivity index (χ1v) is 3.78. The second-order valence-electron chi connectivity index (χ2n) is 1.88. The molecule has 5 nitrogen and oxygen atoms in total.